The van der Waals surface area contributed by atoms with Crippen LogP contribution in [0, 0.1) is 10.8 Å². The third kappa shape index (κ3) is 1.55. The largest absolute Gasteiger partial charge is 0.310 e. The quantitative estimate of drug-likeness (QED) is 0.568. The molecule has 2 saturated carbocycles. The predicted octanol–water partition coefficient (Wildman–Crippen LogP) is 3.53. The molecule has 1 heteroatoms. The molecule has 1 N–H and O–H groups in total. The molecule has 1 spiro atoms. The van der Waals surface area contributed by atoms with Crippen molar-refractivity contribution in [2.24, 2.45) is 5.41 Å². The van der Waals surface area contributed by atoms with Gasteiger partial charge in [-0.2, -0.15) is 0 Å². The van der Waals surface area contributed by atoms with Crippen LogP contribution in [-0.2, 0) is 0 Å². The van der Waals surface area contributed by atoms with E-state index in [2.05, 4.69) is 0 Å². The lowest BCUT2D eigenvalue weighted by molar-refractivity contribution is 0.153. The molecule has 2 aliphatic carbocycles. The second-order valence-electron chi connectivity index (χ2n) is 4.66. The van der Waals surface area contributed by atoms with Gasteiger partial charge in [0.1, 0.15) is 0 Å². The van der Waals surface area contributed by atoms with Crippen molar-refractivity contribution >= 4 is 5.71 Å². The Kier molecular flexibility index (Phi) is 2.20. The summed E-state index contributed by atoms with van der Waals surface area (Å²) < 4.78 is 0. The molecule has 0 aliphatic heterocycles. The van der Waals surface area contributed by atoms with E-state index in [1.54, 1.807) is 0 Å². The second-order valence-corrected chi connectivity index (χ2v) is 4.66. The lowest BCUT2D eigenvalue weighted by Crippen LogP contribution is -2.29. The minimum absolute atomic E-state index is 0.697. The van der Waals surface area contributed by atoms with Gasteiger partial charge in [0.2, 0.25) is 0 Å². The van der Waals surface area contributed by atoms with Crippen molar-refractivity contribution in [2.45, 2.75) is 57.8 Å². The first kappa shape index (κ1) is 8.28. The van der Waals surface area contributed by atoms with Gasteiger partial charge in [0.25, 0.3) is 0 Å². The molecule has 0 bridgehead atoms. The summed E-state index contributed by atoms with van der Waals surface area (Å²) >= 11 is 0. The standard InChI is InChI=1S/C11H19N/c12-10-4-8-11(9-5-10)6-2-1-3-7-11/h12H,1-9H2. The Labute approximate surface area is 75.1 Å². The van der Waals surface area contributed by atoms with Crippen molar-refractivity contribution in [3.8, 4) is 0 Å². The average Bonchev–Trinajstić information content (AvgIpc) is 2.13. The van der Waals surface area contributed by atoms with E-state index in [0.717, 1.165) is 18.6 Å². The molecule has 0 radical (unpaired) electrons. The highest BCUT2D eigenvalue weighted by Gasteiger charge is 2.34. The Hall–Kier alpha value is -0.330. The fraction of sp³-hybridized carbons (Fsp3) is 0.909. The van der Waals surface area contributed by atoms with Gasteiger partial charge >= 0.3 is 0 Å². The van der Waals surface area contributed by atoms with Crippen molar-refractivity contribution in [1.82, 2.24) is 0 Å². The molecule has 0 heterocycles. The van der Waals surface area contributed by atoms with Crippen molar-refractivity contribution in [3.05, 3.63) is 0 Å². The summed E-state index contributed by atoms with van der Waals surface area (Å²) in [5.74, 6) is 0. The van der Waals surface area contributed by atoms with E-state index in [9.17, 15) is 0 Å². The summed E-state index contributed by atoms with van der Waals surface area (Å²) in [5, 5.41) is 7.59. The van der Waals surface area contributed by atoms with E-state index < -0.39 is 0 Å². The molecule has 0 saturated heterocycles. The van der Waals surface area contributed by atoms with E-state index >= 15 is 0 Å². The normalized spacial score (nSPS) is 29.2. The number of nitrogens with one attached hydrogen (secondary N) is 1. The Bertz CT molecular complexity index is 165. The summed E-state index contributed by atoms with van der Waals surface area (Å²) in [6, 6.07) is 0. The van der Waals surface area contributed by atoms with Gasteiger partial charge in [-0.25, -0.2) is 0 Å². The maximum atomic E-state index is 7.59. The van der Waals surface area contributed by atoms with E-state index in [-0.39, 0.29) is 0 Å². The molecular weight excluding hydrogens is 146 g/mol. The molecular formula is C11H19N. The SMILES string of the molecule is N=C1CCC2(CCCCC2)CC1. The first-order valence-electron chi connectivity index (χ1n) is 5.37. The van der Waals surface area contributed by atoms with Crippen LogP contribution in [0.4, 0.5) is 0 Å². The lowest BCUT2D eigenvalue weighted by Gasteiger charge is -2.40. The summed E-state index contributed by atoms with van der Waals surface area (Å²) in [5.41, 5.74) is 1.70. The molecule has 2 aliphatic rings. The van der Waals surface area contributed by atoms with Gasteiger partial charge in [0.15, 0.2) is 0 Å². The zero-order valence-corrected chi connectivity index (χ0v) is 7.86. The van der Waals surface area contributed by atoms with Crippen LogP contribution in [0.1, 0.15) is 57.8 Å². The fourth-order valence-corrected chi connectivity index (χ4v) is 2.88. The summed E-state index contributed by atoms with van der Waals surface area (Å²) in [6.45, 7) is 0. The average molecular weight is 165 g/mol. The van der Waals surface area contributed by atoms with Gasteiger partial charge in [-0.05, 0) is 43.9 Å². The molecule has 1 nitrogen and oxygen atoms in total. The van der Waals surface area contributed by atoms with Crippen LogP contribution in [0.25, 0.3) is 0 Å². The molecule has 68 valence electrons. The Balaban J connectivity index is 1.96. The molecule has 0 unspecified atom stereocenters. The van der Waals surface area contributed by atoms with E-state index in [1.807, 2.05) is 0 Å². The van der Waals surface area contributed by atoms with Crippen LogP contribution < -0.4 is 0 Å². The molecule has 0 aromatic carbocycles. The number of rotatable bonds is 0. The first-order valence-corrected chi connectivity index (χ1v) is 5.37. The third-order valence-electron chi connectivity index (χ3n) is 3.83. The zero-order chi connectivity index (χ0) is 8.44. The highest BCUT2D eigenvalue weighted by molar-refractivity contribution is 5.82. The van der Waals surface area contributed by atoms with Crippen molar-refractivity contribution in [3.63, 3.8) is 0 Å². The van der Waals surface area contributed by atoms with Crippen molar-refractivity contribution < 1.29 is 0 Å². The number of hydrogen-bond donors (Lipinski definition) is 1. The molecule has 0 aromatic rings. The maximum absolute atomic E-state index is 7.59. The van der Waals surface area contributed by atoms with Crippen molar-refractivity contribution in [1.29, 1.82) is 5.41 Å². The van der Waals surface area contributed by atoms with Crippen LogP contribution in [0.2, 0.25) is 0 Å². The van der Waals surface area contributed by atoms with Crippen LogP contribution in [0.5, 0.6) is 0 Å². The fourth-order valence-electron chi connectivity index (χ4n) is 2.88. The summed E-state index contributed by atoms with van der Waals surface area (Å²) in [4.78, 5) is 0. The molecule has 0 atom stereocenters. The zero-order valence-electron chi connectivity index (χ0n) is 7.86. The highest BCUT2D eigenvalue weighted by Crippen LogP contribution is 2.46. The van der Waals surface area contributed by atoms with Crippen LogP contribution >= 0.6 is 0 Å². The minimum atomic E-state index is 0.697. The Morgan fingerprint density at radius 3 is 2.00 bits per heavy atom. The first-order chi connectivity index (χ1) is 5.81. The van der Waals surface area contributed by atoms with Gasteiger partial charge in [0, 0.05) is 5.71 Å². The summed E-state index contributed by atoms with van der Waals surface area (Å²) in [7, 11) is 0. The number of hydrogen-bond acceptors (Lipinski definition) is 1. The third-order valence-corrected chi connectivity index (χ3v) is 3.83. The molecule has 0 amide bonds. The Morgan fingerprint density at radius 1 is 0.833 bits per heavy atom. The second kappa shape index (κ2) is 3.20. The smallest absolute Gasteiger partial charge is 0.00895 e. The molecule has 0 aromatic heterocycles. The lowest BCUT2D eigenvalue weighted by atomic mass is 9.65. The molecule has 12 heavy (non-hydrogen) atoms. The van der Waals surface area contributed by atoms with Gasteiger partial charge in [0.05, 0.1) is 0 Å². The topological polar surface area (TPSA) is 23.9 Å². The van der Waals surface area contributed by atoms with Gasteiger partial charge < -0.3 is 5.41 Å². The molecule has 2 rings (SSSR count). The van der Waals surface area contributed by atoms with E-state index in [1.165, 1.54) is 44.9 Å². The maximum Gasteiger partial charge on any atom is 0.00895 e. The van der Waals surface area contributed by atoms with Gasteiger partial charge in [-0.3, -0.25) is 0 Å². The van der Waals surface area contributed by atoms with Gasteiger partial charge in [-0.15, -0.1) is 0 Å². The van der Waals surface area contributed by atoms with Gasteiger partial charge in [-0.1, -0.05) is 19.3 Å². The monoisotopic (exact) mass is 165 g/mol. The van der Waals surface area contributed by atoms with E-state index in [0.29, 0.717) is 5.41 Å². The van der Waals surface area contributed by atoms with Crippen LogP contribution in [0.3, 0.4) is 0 Å². The van der Waals surface area contributed by atoms with Crippen LogP contribution in [0.15, 0.2) is 0 Å². The van der Waals surface area contributed by atoms with Crippen molar-refractivity contribution in [2.75, 3.05) is 0 Å². The summed E-state index contributed by atoms with van der Waals surface area (Å²) in [6.07, 6.45) is 12.1. The van der Waals surface area contributed by atoms with Crippen LogP contribution in [-0.4, -0.2) is 5.71 Å². The molecule has 2 fully saturated rings. The minimum Gasteiger partial charge on any atom is -0.310 e. The predicted molar refractivity (Wildman–Crippen MR) is 51.7 cm³/mol. The highest BCUT2D eigenvalue weighted by atomic mass is 14.5. The Morgan fingerprint density at radius 2 is 1.42 bits per heavy atom. The van der Waals surface area contributed by atoms with E-state index in [4.69, 9.17) is 5.41 Å².